The van der Waals surface area contributed by atoms with E-state index in [9.17, 15) is 15.3 Å². The predicted molar refractivity (Wildman–Crippen MR) is 93.1 cm³/mol. The molecule has 0 radical (unpaired) electrons. The number of hydrogen-bond donors (Lipinski definition) is 5. The van der Waals surface area contributed by atoms with Crippen LogP contribution in [0.25, 0.3) is 0 Å². The standard InChI is InChI=1S/C16H13N5O3S/c17-7-10-2-1-3-11(14(10)24)19-16-15(20-25-21-16)18-8-9-4-5-12(22)13(23)6-9/h1-6,22-24H,8H2,(H,18,20)(H,19,21). The van der Waals surface area contributed by atoms with E-state index in [1.807, 2.05) is 6.07 Å². The predicted octanol–water partition coefficient (Wildman–Crippen LogP) is 2.88. The fraction of sp³-hybridized carbons (Fsp3) is 0.0625. The van der Waals surface area contributed by atoms with Gasteiger partial charge < -0.3 is 26.0 Å². The SMILES string of the molecule is N#Cc1cccc(Nc2nsnc2NCc2ccc(O)c(O)c2)c1O. The molecule has 0 atom stereocenters. The van der Waals surface area contributed by atoms with Crippen molar-refractivity contribution in [2.24, 2.45) is 0 Å². The van der Waals surface area contributed by atoms with Crippen LogP contribution in [0.4, 0.5) is 17.3 Å². The molecule has 8 nitrogen and oxygen atoms in total. The maximum atomic E-state index is 10.0. The lowest BCUT2D eigenvalue weighted by molar-refractivity contribution is 0.403. The van der Waals surface area contributed by atoms with E-state index in [0.29, 0.717) is 23.9 Å². The summed E-state index contributed by atoms with van der Waals surface area (Å²) in [7, 11) is 0. The highest BCUT2D eigenvalue weighted by molar-refractivity contribution is 6.99. The lowest BCUT2D eigenvalue weighted by Crippen LogP contribution is -2.03. The molecule has 0 fully saturated rings. The maximum absolute atomic E-state index is 10.0. The van der Waals surface area contributed by atoms with Crippen molar-refractivity contribution in [2.75, 3.05) is 10.6 Å². The molecule has 3 rings (SSSR count). The molecule has 0 unspecified atom stereocenters. The van der Waals surface area contributed by atoms with E-state index in [4.69, 9.17) is 5.26 Å². The topological polar surface area (TPSA) is 134 Å². The molecule has 25 heavy (non-hydrogen) atoms. The first-order valence-corrected chi connectivity index (χ1v) is 7.88. The van der Waals surface area contributed by atoms with Gasteiger partial charge in [-0.1, -0.05) is 12.1 Å². The number of phenolic OH excluding ortho intramolecular Hbond substituents is 3. The van der Waals surface area contributed by atoms with Gasteiger partial charge in [0, 0.05) is 6.54 Å². The molecule has 1 heterocycles. The first-order valence-electron chi connectivity index (χ1n) is 7.15. The maximum Gasteiger partial charge on any atom is 0.188 e. The van der Waals surface area contributed by atoms with Gasteiger partial charge in [-0.15, -0.1) is 0 Å². The molecule has 126 valence electrons. The van der Waals surface area contributed by atoms with Crippen LogP contribution in [0.2, 0.25) is 0 Å². The number of benzene rings is 2. The van der Waals surface area contributed by atoms with E-state index in [1.54, 1.807) is 18.2 Å². The third-order valence-electron chi connectivity index (χ3n) is 3.40. The first-order chi connectivity index (χ1) is 12.1. The number of phenols is 3. The summed E-state index contributed by atoms with van der Waals surface area (Å²) in [6.45, 7) is 0.345. The van der Waals surface area contributed by atoms with Crippen LogP contribution in [0.3, 0.4) is 0 Å². The number of nitrogens with one attached hydrogen (secondary N) is 2. The Morgan fingerprint density at radius 2 is 1.84 bits per heavy atom. The number of aromatic hydroxyl groups is 3. The molecule has 0 spiro atoms. The van der Waals surface area contributed by atoms with E-state index in [2.05, 4.69) is 19.4 Å². The molecule has 0 amide bonds. The van der Waals surface area contributed by atoms with Gasteiger partial charge in [-0.2, -0.15) is 14.0 Å². The molecule has 2 aromatic carbocycles. The summed E-state index contributed by atoms with van der Waals surface area (Å²) < 4.78 is 8.26. The summed E-state index contributed by atoms with van der Waals surface area (Å²) in [5, 5.41) is 43.8. The number of anilines is 3. The zero-order valence-corrected chi connectivity index (χ0v) is 13.6. The number of rotatable bonds is 5. The number of nitriles is 1. The summed E-state index contributed by atoms with van der Waals surface area (Å²) in [5.74, 6) is 0.312. The fourth-order valence-electron chi connectivity index (χ4n) is 2.11. The molecule has 1 aromatic heterocycles. The molecule has 0 aliphatic carbocycles. The van der Waals surface area contributed by atoms with Crippen molar-refractivity contribution in [2.45, 2.75) is 6.54 Å². The van der Waals surface area contributed by atoms with Crippen LogP contribution in [0, 0.1) is 11.3 Å². The van der Waals surface area contributed by atoms with Crippen molar-refractivity contribution in [1.29, 1.82) is 5.26 Å². The quantitative estimate of drug-likeness (QED) is 0.441. The Labute approximate surface area is 147 Å². The molecule has 0 aliphatic rings. The highest BCUT2D eigenvalue weighted by atomic mass is 32.1. The number of para-hydroxylation sites is 1. The lowest BCUT2D eigenvalue weighted by atomic mass is 10.2. The highest BCUT2D eigenvalue weighted by Gasteiger charge is 2.12. The first kappa shape index (κ1) is 16.4. The van der Waals surface area contributed by atoms with Crippen molar-refractivity contribution in [3.8, 4) is 23.3 Å². The van der Waals surface area contributed by atoms with E-state index >= 15 is 0 Å². The van der Waals surface area contributed by atoms with Crippen molar-refractivity contribution < 1.29 is 15.3 Å². The smallest absolute Gasteiger partial charge is 0.188 e. The van der Waals surface area contributed by atoms with Gasteiger partial charge in [-0.3, -0.25) is 0 Å². The zero-order chi connectivity index (χ0) is 17.8. The average molecular weight is 355 g/mol. The minimum Gasteiger partial charge on any atom is -0.504 e. The highest BCUT2D eigenvalue weighted by Crippen LogP contribution is 2.32. The summed E-state index contributed by atoms with van der Waals surface area (Å²) in [4.78, 5) is 0. The largest absolute Gasteiger partial charge is 0.504 e. The minimum atomic E-state index is -0.202. The third-order valence-corrected chi connectivity index (χ3v) is 3.93. The van der Waals surface area contributed by atoms with Gasteiger partial charge in [-0.25, -0.2) is 0 Å². The molecule has 0 saturated heterocycles. The molecule has 0 saturated carbocycles. The normalized spacial score (nSPS) is 10.2. The second-order valence-electron chi connectivity index (χ2n) is 5.08. The Morgan fingerprint density at radius 1 is 1.04 bits per heavy atom. The van der Waals surface area contributed by atoms with Crippen LogP contribution in [-0.4, -0.2) is 24.1 Å². The number of hydrogen-bond acceptors (Lipinski definition) is 9. The number of aromatic nitrogens is 2. The van der Waals surface area contributed by atoms with Gasteiger partial charge in [0.1, 0.15) is 6.07 Å². The monoisotopic (exact) mass is 355 g/mol. The third kappa shape index (κ3) is 3.54. The van der Waals surface area contributed by atoms with Gasteiger partial charge in [0.25, 0.3) is 0 Å². The van der Waals surface area contributed by atoms with Gasteiger partial charge in [0.2, 0.25) is 0 Å². The Bertz CT molecular complexity index is 951. The van der Waals surface area contributed by atoms with E-state index in [-0.39, 0.29) is 22.8 Å². The van der Waals surface area contributed by atoms with E-state index in [1.165, 1.54) is 18.2 Å². The molecule has 9 heteroatoms. The van der Waals surface area contributed by atoms with Gasteiger partial charge >= 0.3 is 0 Å². The van der Waals surface area contributed by atoms with Gasteiger partial charge in [0.05, 0.1) is 23.0 Å². The van der Waals surface area contributed by atoms with Crippen molar-refractivity contribution in [3.63, 3.8) is 0 Å². The van der Waals surface area contributed by atoms with Crippen LogP contribution in [0.15, 0.2) is 36.4 Å². The van der Waals surface area contributed by atoms with Crippen molar-refractivity contribution >= 4 is 29.1 Å². The Hall–Kier alpha value is -3.51. The Balaban J connectivity index is 1.75. The van der Waals surface area contributed by atoms with Crippen LogP contribution >= 0.6 is 11.7 Å². The Kier molecular flexibility index (Phi) is 4.54. The average Bonchev–Trinajstić information content (AvgIpc) is 3.05. The summed E-state index contributed by atoms with van der Waals surface area (Å²) in [5.41, 5.74) is 1.24. The number of nitrogens with zero attached hydrogens (tertiary/aromatic N) is 3. The molecule has 0 aliphatic heterocycles. The van der Waals surface area contributed by atoms with Gasteiger partial charge in [-0.05, 0) is 29.8 Å². The second kappa shape index (κ2) is 6.94. The summed E-state index contributed by atoms with van der Waals surface area (Å²) in [6.07, 6.45) is 0. The van der Waals surface area contributed by atoms with Crippen LogP contribution in [-0.2, 0) is 6.54 Å². The van der Waals surface area contributed by atoms with Crippen molar-refractivity contribution in [1.82, 2.24) is 8.75 Å². The van der Waals surface area contributed by atoms with Crippen LogP contribution in [0.1, 0.15) is 11.1 Å². The minimum absolute atomic E-state index is 0.155. The van der Waals surface area contributed by atoms with E-state index < -0.39 is 0 Å². The molecule has 0 bridgehead atoms. The molecular formula is C16H13N5O3S. The van der Waals surface area contributed by atoms with Crippen molar-refractivity contribution in [3.05, 3.63) is 47.5 Å². The van der Waals surface area contributed by atoms with E-state index in [0.717, 1.165) is 17.3 Å². The molecule has 5 N–H and O–H groups in total. The van der Waals surface area contributed by atoms with Gasteiger partial charge in [0.15, 0.2) is 28.9 Å². The van der Waals surface area contributed by atoms with Crippen LogP contribution in [0.5, 0.6) is 17.2 Å². The molecule has 3 aromatic rings. The Morgan fingerprint density at radius 3 is 2.60 bits per heavy atom. The second-order valence-corrected chi connectivity index (χ2v) is 5.61. The lowest BCUT2D eigenvalue weighted by Gasteiger charge is -2.09. The zero-order valence-electron chi connectivity index (χ0n) is 12.8. The summed E-state index contributed by atoms with van der Waals surface area (Å²) >= 11 is 0.981. The molecular weight excluding hydrogens is 342 g/mol. The fourth-order valence-corrected chi connectivity index (χ4v) is 2.60. The summed E-state index contributed by atoms with van der Waals surface area (Å²) in [6, 6.07) is 11.2. The van der Waals surface area contributed by atoms with Crippen LogP contribution < -0.4 is 10.6 Å².